The Morgan fingerprint density at radius 1 is 1.56 bits per heavy atom. The van der Waals surface area contributed by atoms with Gasteiger partial charge in [-0.2, -0.15) is 0 Å². The van der Waals surface area contributed by atoms with Crippen LogP contribution in [-0.4, -0.2) is 35.1 Å². The van der Waals surface area contributed by atoms with E-state index in [1.807, 2.05) is 6.07 Å². The van der Waals surface area contributed by atoms with E-state index in [-0.39, 0.29) is 12.0 Å². The summed E-state index contributed by atoms with van der Waals surface area (Å²) in [5.74, 6) is 0.115. The number of aliphatic hydroxyl groups excluding tert-OH is 1. The van der Waals surface area contributed by atoms with Gasteiger partial charge in [0.1, 0.15) is 0 Å². The molecule has 0 unspecified atom stereocenters. The van der Waals surface area contributed by atoms with Gasteiger partial charge >= 0.3 is 0 Å². The van der Waals surface area contributed by atoms with E-state index in [1.54, 1.807) is 4.90 Å². The molecule has 3 nitrogen and oxygen atoms in total. The molecule has 1 N–H and O–H groups in total. The number of thiophene rings is 1. The minimum atomic E-state index is -0.348. The molecule has 1 fully saturated rings. The van der Waals surface area contributed by atoms with Crippen molar-refractivity contribution < 1.29 is 9.90 Å². The van der Waals surface area contributed by atoms with Gasteiger partial charge in [-0.05, 0) is 30.9 Å². The van der Waals surface area contributed by atoms with Crippen molar-refractivity contribution in [2.75, 3.05) is 13.1 Å². The number of carbonyl (C=O) groups excluding carboxylic acids is 1. The molecule has 0 aromatic carbocycles. The Morgan fingerprint density at radius 2 is 2.33 bits per heavy atom. The molecular formula is C12H15Cl2NO2S. The van der Waals surface area contributed by atoms with E-state index >= 15 is 0 Å². The van der Waals surface area contributed by atoms with Gasteiger partial charge in [-0.15, -0.1) is 11.3 Å². The van der Waals surface area contributed by atoms with E-state index in [1.165, 1.54) is 11.3 Å². The number of amides is 1. The van der Waals surface area contributed by atoms with Gasteiger partial charge < -0.3 is 10.0 Å². The molecule has 0 aliphatic carbocycles. The van der Waals surface area contributed by atoms with Crippen molar-refractivity contribution in [1.82, 2.24) is 4.90 Å². The van der Waals surface area contributed by atoms with Gasteiger partial charge in [0, 0.05) is 19.5 Å². The van der Waals surface area contributed by atoms with Crippen molar-refractivity contribution in [1.29, 1.82) is 0 Å². The van der Waals surface area contributed by atoms with Crippen LogP contribution in [0.15, 0.2) is 6.07 Å². The second-order valence-electron chi connectivity index (χ2n) is 4.49. The highest BCUT2D eigenvalue weighted by Crippen LogP contribution is 2.32. The predicted molar refractivity (Wildman–Crippen MR) is 74.5 cm³/mol. The number of aryl methyl sites for hydroxylation is 1. The van der Waals surface area contributed by atoms with Gasteiger partial charge in [-0.25, -0.2) is 0 Å². The molecule has 1 aliphatic heterocycles. The van der Waals surface area contributed by atoms with E-state index in [0.29, 0.717) is 34.6 Å². The Hall–Kier alpha value is -0.290. The lowest BCUT2D eigenvalue weighted by atomic mass is 10.1. The number of likely N-dealkylation sites (tertiary alicyclic amines) is 1. The summed E-state index contributed by atoms with van der Waals surface area (Å²) < 4.78 is 1.40. The minimum absolute atomic E-state index is 0.115. The van der Waals surface area contributed by atoms with E-state index in [2.05, 4.69) is 0 Å². The summed E-state index contributed by atoms with van der Waals surface area (Å²) in [6, 6.07) is 1.86. The lowest BCUT2D eigenvalue weighted by Crippen LogP contribution is -2.29. The van der Waals surface area contributed by atoms with E-state index in [4.69, 9.17) is 23.2 Å². The van der Waals surface area contributed by atoms with Gasteiger partial charge in [0.05, 0.1) is 14.8 Å². The lowest BCUT2D eigenvalue weighted by Gasteiger charge is -2.15. The van der Waals surface area contributed by atoms with Crippen molar-refractivity contribution in [3.63, 3.8) is 0 Å². The Morgan fingerprint density at radius 3 is 2.89 bits per heavy atom. The number of nitrogens with zero attached hydrogens (tertiary/aromatic N) is 1. The molecule has 1 aromatic heterocycles. The summed E-state index contributed by atoms with van der Waals surface area (Å²) in [7, 11) is 0. The molecule has 1 amide bonds. The summed E-state index contributed by atoms with van der Waals surface area (Å²) in [4.78, 5) is 13.6. The van der Waals surface area contributed by atoms with Crippen LogP contribution >= 0.6 is 34.5 Å². The second kappa shape index (κ2) is 6.24. The van der Waals surface area contributed by atoms with Crippen LogP contribution < -0.4 is 0 Å². The fraction of sp³-hybridized carbons (Fsp3) is 0.583. The van der Waals surface area contributed by atoms with Crippen LogP contribution in [0, 0.1) is 0 Å². The number of hydrogen-bond acceptors (Lipinski definition) is 3. The quantitative estimate of drug-likeness (QED) is 0.929. The fourth-order valence-electron chi connectivity index (χ4n) is 2.10. The SMILES string of the molecule is O=C(CCCc1cc(Cl)sc1Cl)N1CC[C@@H](O)C1. The summed E-state index contributed by atoms with van der Waals surface area (Å²) in [5.41, 5.74) is 1.01. The Bertz CT molecular complexity index is 436. The van der Waals surface area contributed by atoms with Crippen molar-refractivity contribution in [3.05, 3.63) is 20.3 Å². The molecule has 0 saturated carbocycles. The average molecular weight is 308 g/mol. The van der Waals surface area contributed by atoms with Crippen LogP contribution in [0.2, 0.25) is 8.67 Å². The standard InChI is InChI=1S/C12H15Cl2NO2S/c13-10-6-8(12(14)18-10)2-1-3-11(17)15-5-4-9(16)7-15/h6,9,16H,1-5,7H2/t9-/m1/s1. The van der Waals surface area contributed by atoms with Gasteiger partial charge in [0.15, 0.2) is 0 Å². The number of carbonyl (C=O) groups is 1. The van der Waals surface area contributed by atoms with Crippen LogP contribution in [0.3, 0.4) is 0 Å². The molecule has 0 spiro atoms. The zero-order chi connectivity index (χ0) is 13.1. The molecule has 2 rings (SSSR count). The van der Waals surface area contributed by atoms with Crippen molar-refractivity contribution in [3.8, 4) is 0 Å². The maximum absolute atomic E-state index is 11.8. The minimum Gasteiger partial charge on any atom is -0.391 e. The van der Waals surface area contributed by atoms with E-state index in [9.17, 15) is 9.90 Å². The van der Waals surface area contributed by atoms with Crippen LogP contribution in [0.4, 0.5) is 0 Å². The molecule has 2 heterocycles. The summed E-state index contributed by atoms with van der Waals surface area (Å²) in [6.45, 7) is 1.15. The van der Waals surface area contributed by atoms with Gasteiger partial charge in [-0.1, -0.05) is 23.2 Å². The van der Waals surface area contributed by atoms with Crippen LogP contribution in [-0.2, 0) is 11.2 Å². The first-order valence-corrected chi connectivity index (χ1v) is 7.53. The topological polar surface area (TPSA) is 40.5 Å². The number of halogens is 2. The Kier molecular flexibility index (Phi) is 4.90. The lowest BCUT2D eigenvalue weighted by molar-refractivity contribution is -0.130. The zero-order valence-corrected chi connectivity index (χ0v) is 12.2. The third-order valence-electron chi connectivity index (χ3n) is 3.08. The first-order chi connectivity index (χ1) is 8.56. The Balaban J connectivity index is 1.75. The molecule has 1 atom stereocenters. The second-order valence-corrected chi connectivity index (χ2v) is 6.77. The highest BCUT2D eigenvalue weighted by atomic mass is 35.5. The highest BCUT2D eigenvalue weighted by molar-refractivity contribution is 7.20. The number of hydrogen-bond donors (Lipinski definition) is 1. The largest absolute Gasteiger partial charge is 0.391 e. The number of rotatable bonds is 4. The smallest absolute Gasteiger partial charge is 0.222 e. The predicted octanol–water partition coefficient (Wildman–Crippen LogP) is 2.97. The highest BCUT2D eigenvalue weighted by Gasteiger charge is 2.23. The maximum atomic E-state index is 11.8. The van der Waals surface area contributed by atoms with Gasteiger partial charge in [0.25, 0.3) is 0 Å². The monoisotopic (exact) mass is 307 g/mol. The van der Waals surface area contributed by atoms with Crippen LogP contribution in [0.5, 0.6) is 0 Å². The van der Waals surface area contributed by atoms with Gasteiger partial charge in [-0.3, -0.25) is 4.79 Å². The maximum Gasteiger partial charge on any atom is 0.222 e. The molecule has 100 valence electrons. The van der Waals surface area contributed by atoms with E-state index < -0.39 is 0 Å². The first-order valence-electron chi connectivity index (χ1n) is 5.96. The molecule has 6 heteroatoms. The average Bonchev–Trinajstić information content (AvgIpc) is 2.86. The van der Waals surface area contributed by atoms with Gasteiger partial charge in [0.2, 0.25) is 5.91 Å². The zero-order valence-electron chi connectivity index (χ0n) is 9.86. The van der Waals surface area contributed by atoms with E-state index in [0.717, 1.165) is 18.4 Å². The molecule has 1 aromatic rings. The van der Waals surface area contributed by atoms with Crippen molar-refractivity contribution in [2.24, 2.45) is 0 Å². The van der Waals surface area contributed by atoms with Crippen molar-refractivity contribution in [2.45, 2.75) is 31.8 Å². The molecule has 1 saturated heterocycles. The normalized spacial score (nSPS) is 19.5. The summed E-state index contributed by atoms with van der Waals surface area (Å²) in [6.07, 6.45) is 2.37. The Labute approximate surface area is 120 Å². The molecule has 0 bridgehead atoms. The third-order valence-corrected chi connectivity index (χ3v) is 4.65. The number of aliphatic hydroxyl groups is 1. The van der Waals surface area contributed by atoms with Crippen molar-refractivity contribution >= 4 is 40.4 Å². The van der Waals surface area contributed by atoms with Crippen LogP contribution in [0.25, 0.3) is 0 Å². The number of β-amino-alcohol motifs (C(OH)–C–C–N with tert-alkyl or cyclic N) is 1. The van der Waals surface area contributed by atoms with Crippen LogP contribution in [0.1, 0.15) is 24.8 Å². The fourth-order valence-corrected chi connectivity index (χ4v) is 3.65. The molecule has 1 aliphatic rings. The molecule has 18 heavy (non-hydrogen) atoms. The first kappa shape index (κ1) is 14.1. The summed E-state index contributed by atoms with van der Waals surface area (Å²) >= 11 is 13.2. The molecular weight excluding hydrogens is 293 g/mol. The molecule has 0 radical (unpaired) electrons. The third kappa shape index (κ3) is 3.60. The summed E-state index contributed by atoms with van der Waals surface area (Å²) in [5, 5.41) is 9.37.